The molecule has 4 nitrogen and oxygen atoms in total. The van der Waals surface area contributed by atoms with Gasteiger partial charge in [0.1, 0.15) is 0 Å². The Morgan fingerprint density at radius 1 is 1.14 bits per heavy atom. The fourth-order valence-corrected chi connectivity index (χ4v) is 2.35. The largest absolute Gasteiger partial charge is 0.349 e. The Balaban J connectivity index is 2.78. The molecule has 0 aliphatic carbocycles. The van der Waals surface area contributed by atoms with Crippen molar-refractivity contribution in [3.8, 4) is 0 Å². The van der Waals surface area contributed by atoms with Crippen LogP contribution in [0.3, 0.4) is 0 Å². The highest BCUT2D eigenvalue weighted by atomic mass is 35.5. The zero-order chi connectivity index (χ0) is 15.8. The predicted octanol–water partition coefficient (Wildman–Crippen LogP) is 3.66. The molecule has 0 aliphatic rings. The SMILES string of the molecule is CCN(CC)CCN=C(Nc1c(Cl)cccc1Cl)N(C)C. The number of nitrogens with zero attached hydrogens (tertiary/aromatic N) is 3. The summed E-state index contributed by atoms with van der Waals surface area (Å²) in [6, 6.07) is 5.43. The van der Waals surface area contributed by atoms with Gasteiger partial charge in [0.2, 0.25) is 0 Å². The summed E-state index contributed by atoms with van der Waals surface area (Å²) in [6.07, 6.45) is 0. The summed E-state index contributed by atoms with van der Waals surface area (Å²) < 4.78 is 0. The lowest BCUT2D eigenvalue weighted by Gasteiger charge is -2.20. The van der Waals surface area contributed by atoms with E-state index >= 15 is 0 Å². The molecule has 0 bridgehead atoms. The van der Waals surface area contributed by atoms with Gasteiger partial charge in [-0.25, -0.2) is 0 Å². The molecule has 0 unspecified atom stereocenters. The highest BCUT2D eigenvalue weighted by Crippen LogP contribution is 2.29. The fourth-order valence-electron chi connectivity index (χ4n) is 1.86. The van der Waals surface area contributed by atoms with Crippen LogP contribution in [0.25, 0.3) is 0 Å². The van der Waals surface area contributed by atoms with Crippen molar-refractivity contribution < 1.29 is 0 Å². The minimum Gasteiger partial charge on any atom is -0.349 e. The molecular formula is C15H24Cl2N4. The first-order chi connectivity index (χ1) is 9.99. The molecule has 1 rings (SSSR count). The van der Waals surface area contributed by atoms with Crippen LogP contribution >= 0.6 is 23.2 Å². The second kappa shape index (κ2) is 9.13. The molecule has 0 spiro atoms. The molecule has 0 aromatic heterocycles. The summed E-state index contributed by atoms with van der Waals surface area (Å²) in [4.78, 5) is 8.86. The molecule has 21 heavy (non-hydrogen) atoms. The third-order valence-electron chi connectivity index (χ3n) is 3.20. The number of guanidine groups is 1. The van der Waals surface area contributed by atoms with Crippen molar-refractivity contribution in [1.82, 2.24) is 9.80 Å². The van der Waals surface area contributed by atoms with Gasteiger partial charge in [-0.05, 0) is 25.2 Å². The van der Waals surface area contributed by atoms with Crippen molar-refractivity contribution in [1.29, 1.82) is 0 Å². The molecule has 0 heterocycles. The van der Waals surface area contributed by atoms with E-state index in [1.54, 1.807) is 12.1 Å². The van der Waals surface area contributed by atoms with Crippen molar-refractivity contribution in [2.24, 2.45) is 4.99 Å². The Labute approximate surface area is 137 Å². The van der Waals surface area contributed by atoms with Crippen LogP contribution in [0.4, 0.5) is 5.69 Å². The lowest BCUT2D eigenvalue weighted by molar-refractivity contribution is 0.312. The highest BCUT2D eigenvalue weighted by molar-refractivity contribution is 6.39. The van der Waals surface area contributed by atoms with Gasteiger partial charge in [0.15, 0.2) is 5.96 Å². The van der Waals surface area contributed by atoms with Gasteiger partial charge < -0.3 is 15.1 Å². The second-order valence-electron chi connectivity index (χ2n) is 4.85. The average molecular weight is 331 g/mol. The van der Waals surface area contributed by atoms with Gasteiger partial charge in [0.25, 0.3) is 0 Å². The molecule has 0 fully saturated rings. The lowest BCUT2D eigenvalue weighted by Crippen LogP contribution is -2.32. The molecule has 0 amide bonds. The smallest absolute Gasteiger partial charge is 0.198 e. The van der Waals surface area contributed by atoms with Gasteiger partial charge in [-0.15, -0.1) is 0 Å². The summed E-state index contributed by atoms with van der Waals surface area (Å²) in [5, 5.41) is 4.39. The monoisotopic (exact) mass is 330 g/mol. The maximum absolute atomic E-state index is 6.18. The normalized spacial score (nSPS) is 11.9. The Kier molecular flexibility index (Phi) is 7.86. The van der Waals surface area contributed by atoms with Gasteiger partial charge in [0, 0.05) is 20.6 Å². The zero-order valence-corrected chi connectivity index (χ0v) is 14.7. The standard InChI is InChI=1S/C15H24Cl2N4/c1-5-21(6-2)11-10-18-15(20(3)4)19-14-12(16)8-7-9-13(14)17/h7-9H,5-6,10-11H2,1-4H3,(H,18,19). The van der Waals surface area contributed by atoms with Crippen molar-refractivity contribution in [2.45, 2.75) is 13.8 Å². The summed E-state index contributed by atoms with van der Waals surface area (Å²) in [5.74, 6) is 0.747. The minimum absolute atomic E-state index is 0.584. The molecule has 1 aromatic carbocycles. The van der Waals surface area contributed by atoms with Crippen molar-refractivity contribution >= 4 is 34.8 Å². The van der Waals surface area contributed by atoms with Gasteiger partial charge >= 0.3 is 0 Å². The topological polar surface area (TPSA) is 30.9 Å². The van der Waals surface area contributed by atoms with Crippen molar-refractivity contribution in [3.05, 3.63) is 28.2 Å². The third kappa shape index (κ3) is 5.73. The number of rotatable bonds is 6. The summed E-state index contributed by atoms with van der Waals surface area (Å²) in [7, 11) is 3.88. The number of nitrogens with one attached hydrogen (secondary N) is 1. The Morgan fingerprint density at radius 3 is 2.19 bits per heavy atom. The molecule has 118 valence electrons. The quantitative estimate of drug-likeness (QED) is 0.637. The van der Waals surface area contributed by atoms with Crippen LogP contribution in [0.2, 0.25) is 10.0 Å². The van der Waals surface area contributed by atoms with E-state index in [1.807, 2.05) is 25.1 Å². The molecule has 0 radical (unpaired) electrons. The van der Waals surface area contributed by atoms with Crippen LogP contribution in [0.15, 0.2) is 23.2 Å². The summed E-state index contributed by atoms with van der Waals surface area (Å²) in [6.45, 7) is 8.04. The molecule has 0 atom stereocenters. The van der Waals surface area contributed by atoms with E-state index in [1.165, 1.54) is 0 Å². The number of hydrogen-bond acceptors (Lipinski definition) is 2. The number of halogens is 2. The molecular weight excluding hydrogens is 307 g/mol. The molecule has 0 saturated heterocycles. The van der Waals surface area contributed by atoms with E-state index in [2.05, 4.69) is 29.1 Å². The maximum atomic E-state index is 6.18. The van der Waals surface area contributed by atoms with Crippen LogP contribution < -0.4 is 5.32 Å². The van der Waals surface area contributed by atoms with Crippen LogP contribution in [0.1, 0.15) is 13.8 Å². The minimum atomic E-state index is 0.584. The van der Waals surface area contributed by atoms with Gasteiger partial charge in [-0.1, -0.05) is 43.1 Å². The first-order valence-electron chi connectivity index (χ1n) is 7.14. The van der Waals surface area contributed by atoms with Crippen LogP contribution in [-0.4, -0.2) is 56.0 Å². The Bertz CT molecular complexity index is 450. The first kappa shape index (κ1) is 18.1. The Morgan fingerprint density at radius 2 is 1.71 bits per heavy atom. The number of likely N-dealkylation sites (N-methyl/N-ethyl adjacent to an activating group) is 1. The van der Waals surface area contributed by atoms with E-state index in [-0.39, 0.29) is 0 Å². The maximum Gasteiger partial charge on any atom is 0.198 e. The van der Waals surface area contributed by atoms with E-state index < -0.39 is 0 Å². The first-order valence-corrected chi connectivity index (χ1v) is 7.90. The Hall–Kier alpha value is -0.970. The van der Waals surface area contributed by atoms with Gasteiger partial charge in [0.05, 0.1) is 22.3 Å². The second-order valence-corrected chi connectivity index (χ2v) is 5.66. The summed E-state index contributed by atoms with van der Waals surface area (Å²) >= 11 is 12.4. The third-order valence-corrected chi connectivity index (χ3v) is 3.83. The molecule has 1 N–H and O–H groups in total. The number of para-hydroxylation sites is 1. The van der Waals surface area contributed by atoms with Crippen LogP contribution in [0.5, 0.6) is 0 Å². The van der Waals surface area contributed by atoms with Crippen LogP contribution in [0, 0.1) is 0 Å². The number of aliphatic imine (C=N–C) groups is 1. The van der Waals surface area contributed by atoms with Gasteiger partial charge in [-0.2, -0.15) is 0 Å². The predicted molar refractivity (Wildman–Crippen MR) is 93.9 cm³/mol. The van der Waals surface area contributed by atoms with Crippen LogP contribution in [-0.2, 0) is 0 Å². The molecule has 0 saturated carbocycles. The van der Waals surface area contributed by atoms with Crippen molar-refractivity contribution in [2.75, 3.05) is 45.6 Å². The molecule has 6 heteroatoms. The number of hydrogen-bond donors (Lipinski definition) is 1. The molecule has 1 aromatic rings. The highest BCUT2D eigenvalue weighted by Gasteiger charge is 2.09. The summed E-state index contributed by atoms with van der Waals surface area (Å²) in [5.41, 5.74) is 0.691. The zero-order valence-electron chi connectivity index (χ0n) is 13.2. The van der Waals surface area contributed by atoms with E-state index in [9.17, 15) is 0 Å². The molecule has 0 aliphatic heterocycles. The van der Waals surface area contributed by atoms with E-state index in [4.69, 9.17) is 23.2 Å². The number of anilines is 1. The van der Waals surface area contributed by atoms with E-state index in [0.717, 1.165) is 32.1 Å². The fraction of sp³-hybridized carbons (Fsp3) is 0.533. The van der Waals surface area contributed by atoms with Crippen molar-refractivity contribution in [3.63, 3.8) is 0 Å². The lowest BCUT2D eigenvalue weighted by atomic mass is 10.3. The average Bonchev–Trinajstić information content (AvgIpc) is 2.45. The number of benzene rings is 1. The van der Waals surface area contributed by atoms with E-state index in [0.29, 0.717) is 15.7 Å². The van der Waals surface area contributed by atoms with Gasteiger partial charge in [-0.3, -0.25) is 4.99 Å².